The summed E-state index contributed by atoms with van der Waals surface area (Å²) in [7, 11) is 1.72. The van der Waals surface area contributed by atoms with Gasteiger partial charge in [-0.1, -0.05) is 30.3 Å². The molecule has 3 heterocycles. The number of rotatable bonds is 7. The number of amides is 1. The zero-order chi connectivity index (χ0) is 20.2. The van der Waals surface area contributed by atoms with E-state index in [9.17, 15) is 9.59 Å². The monoisotopic (exact) mass is 391 g/mol. The van der Waals surface area contributed by atoms with Gasteiger partial charge in [0, 0.05) is 39.0 Å². The molecule has 9 nitrogen and oxygen atoms in total. The first-order valence-corrected chi connectivity index (χ1v) is 9.29. The molecule has 0 aliphatic carbocycles. The van der Waals surface area contributed by atoms with Gasteiger partial charge in [-0.05, 0) is 5.56 Å². The van der Waals surface area contributed by atoms with Crippen molar-refractivity contribution in [1.29, 1.82) is 0 Å². The number of nitrogens with zero attached hydrogens (tertiary/aromatic N) is 6. The van der Waals surface area contributed by atoms with E-state index in [4.69, 9.17) is 0 Å². The Morgan fingerprint density at radius 2 is 1.97 bits per heavy atom. The van der Waals surface area contributed by atoms with Crippen LogP contribution < -0.4 is 10.9 Å². The van der Waals surface area contributed by atoms with Gasteiger partial charge in [0.05, 0.1) is 6.20 Å². The molecule has 0 atom stereocenters. The predicted molar refractivity (Wildman–Crippen MR) is 107 cm³/mol. The molecule has 0 bridgehead atoms. The van der Waals surface area contributed by atoms with Crippen molar-refractivity contribution in [3.8, 4) is 0 Å². The van der Waals surface area contributed by atoms with Crippen molar-refractivity contribution in [2.75, 3.05) is 6.54 Å². The third-order valence-electron chi connectivity index (χ3n) is 4.70. The Hall–Kier alpha value is -3.75. The van der Waals surface area contributed by atoms with E-state index in [1.54, 1.807) is 13.2 Å². The molecule has 0 fully saturated rings. The van der Waals surface area contributed by atoms with Crippen LogP contribution in [0.4, 0.5) is 0 Å². The maximum Gasteiger partial charge on any atom is 0.264 e. The van der Waals surface area contributed by atoms with E-state index in [0.29, 0.717) is 24.0 Å². The number of hydrogen-bond donors (Lipinski definition) is 1. The first kappa shape index (κ1) is 18.6. The minimum absolute atomic E-state index is 0.0882. The third kappa shape index (κ3) is 4.08. The summed E-state index contributed by atoms with van der Waals surface area (Å²) in [6, 6.07) is 10.1. The van der Waals surface area contributed by atoms with E-state index in [0.717, 1.165) is 12.4 Å². The number of carbonyl (C=O) groups is 1. The molecule has 148 valence electrons. The second-order valence-corrected chi connectivity index (χ2v) is 6.74. The fraction of sp³-hybridized carbons (Fsp3) is 0.250. The molecule has 0 aliphatic rings. The molecule has 0 aliphatic heterocycles. The lowest BCUT2D eigenvalue weighted by Gasteiger charge is -2.10. The predicted octanol–water partition coefficient (Wildman–Crippen LogP) is 0.734. The Balaban J connectivity index is 1.34. The quantitative estimate of drug-likeness (QED) is 0.501. The van der Waals surface area contributed by atoms with Crippen LogP contribution in [0.3, 0.4) is 0 Å². The molecular formula is C20H21N7O2. The summed E-state index contributed by atoms with van der Waals surface area (Å²) < 4.78 is 4.88. The van der Waals surface area contributed by atoms with E-state index in [1.165, 1.54) is 27.3 Å². The van der Waals surface area contributed by atoms with Crippen LogP contribution in [0.2, 0.25) is 0 Å². The largest absolute Gasteiger partial charge is 0.354 e. The molecule has 1 amide bonds. The van der Waals surface area contributed by atoms with E-state index in [2.05, 4.69) is 37.1 Å². The maximum absolute atomic E-state index is 12.4. The standard InChI is InChI=1S/C20H21N7O2/c1-25-19-16(11-24-25)20(29)27(14-23-19)13-18(28)22-8-7-17-21-9-10-26(17)12-15-5-3-2-4-6-15/h2-6,9-11,14H,7-8,12-13H2,1H3,(H,22,28). The van der Waals surface area contributed by atoms with Crippen LogP contribution in [0.1, 0.15) is 11.4 Å². The van der Waals surface area contributed by atoms with Gasteiger partial charge >= 0.3 is 0 Å². The number of benzene rings is 1. The van der Waals surface area contributed by atoms with E-state index < -0.39 is 0 Å². The van der Waals surface area contributed by atoms with Crippen LogP contribution in [-0.2, 0) is 31.4 Å². The highest BCUT2D eigenvalue weighted by molar-refractivity contribution is 5.77. The molecule has 9 heteroatoms. The fourth-order valence-electron chi connectivity index (χ4n) is 3.20. The van der Waals surface area contributed by atoms with Crippen LogP contribution in [-0.4, -0.2) is 41.3 Å². The molecule has 4 aromatic rings. The number of nitrogens with one attached hydrogen (secondary N) is 1. The van der Waals surface area contributed by atoms with Crippen LogP contribution in [0.25, 0.3) is 11.0 Å². The molecular weight excluding hydrogens is 370 g/mol. The smallest absolute Gasteiger partial charge is 0.264 e. The van der Waals surface area contributed by atoms with Crippen molar-refractivity contribution in [3.05, 3.63) is 77.0 Å². The molecule has 0 radical (unpaired) electrons. The average Bonchev–Trinajstić information content (AvgIpc) is 3.32. The van der Waals surface area contributed by atoms with Crippen LogP contribution >= 0.6 is 0 Å². The SMILES string of the molecule is Cn1ncc2c(=O)n(CC(=O)NCCc3nccn3Cc3ccccc3)cnc21. The molecule has 1 N–H and O–H groups in total. The van der Waals surface area contributed by atoms with Gasteiger partial charge in [0.2, 0.25) is 5.91 Å². The maximum atomic E-state index is 12.4. The molecule has 0 saturated heterocycles. The first-order valence-electron chi connectivity index (χ1n) is 9.29. The number of aryl methyl sites for hydroxylation is 1. The van der Waals surface area contributed by atoms with Crippen molar-refractivity contribution in [2.45, 2.75) is 19.5 Å². The molecule has 3 aromatic heterocycles. The van der Waals surface area contributed by atoms with Crippen molar-refractivity contribution in [3.63, 3.8) is 0 Å². The summed E-state index contributed by atoms with van der Waals surface area (Å²) in [5.74, 6) is 0.642. The normalized spacial score (nSPS) is 11.1. The zero-order valence-electron chi connectivity index (χ0n) is 16.0. The zero-order valence-corrected chi connectivity index (χ0v) is 16.0. The fourth-order valence-corrected chi connectivity index (χ4v) is 3.20. The van der Waals surface area contributed by atoms with Gasteiger partial charge < -0.3 is 9.88 Å². The average molecular weight is 391 g/mol. The molecule has 1 aromatic carbocycles. The van der Waals surface area contributed by atoms with Crippen molar-refractivity contribution in [2.24, 2.45) is 7.05 Å². The lowest BCUT2D eigenvalue weighted by molar-refractivity contribution is -0.121. The summed E-state index contributed by atoms with van der Waals surface area (Å²) in [6.45, 7) is 1.08. The first-order chi connectivity index (χ1) is 14.1. The van der Waals surface area contributed by atoms with Crippen LogP contribution in [0.5, 0.6) is 0 Å². The van der Waals surface area contributed by atoms with E-state index >= 15 is 0 Å². The van der Waals surface area contributed by atoms with Gasteiger partial charge in [-0.3, -0.25) is 18.8 Å². The number of imidazole rings is 1. The van der Waals surface area contributed by atoms with Crippen LogP contribution in [0.15, 0.2) is 60.0 Å². The van der Waals surface area contributed by atoms with Gasteiger partial charge in [0.25, 0.3) is 5.56 Å². The van der Waals surface area contributed by atoms with E-state index in [1.807, 2.05) is 24.4 Å². The summed E-state index contributed by atoms with van der Waals surface area (Å²) in [5, 5.41) is 7.26. The molecule has 0 unspecified atom stereocenters. The van der Waals surface area contributed by atoms with Crippen molar-refractivity contribution < 1.29 is 4.79 Å². The summed E-state index contributed by atoms with van der Waals surface area (Å²) in [6.07, 6.45) is 7.12. The second-order valence-electron chi connectivity index (χ2n) is 6.74. The lowest BCUT2D eigenvalue weighted by Crippen LogP contribution is -2.33. The number of hydrogen-bond acceptors (Lipinski definition) is 5. The van der Waals surface area contributed by atoms with Crippen molar-refractivity contribution in [1.82, 2.24) is 34.2 Å². The minimum Gasteiger partial charge on any atom is -0.354 e. The number of carbonyl (C=O) groups excluding carboxylic acids is 1. The van der Waals surface area contributed by atoms with E-state index in [-0.39, 0.29) is 18.0 Å². The topological polar surface area (TPSA) is 99.6 Å². The highest BCUT2D eigenvalue weighted by atomic mass is 16.2. The van der Waals surface area contributed by atoms with Gasteiger partial charge in [0.15, 0.2) is 5.65 Å². The van der Waals surface area contributed by atoms with Gasteiger partial charge in [-0.2, -0.15) is 5.10 Å². The Kier molecular flexibility index (Phi) is 5.19. The van der Waals surface area contributed by atoms with Crippen molar-refractivity contribution >= 4 is 16.9 Å². The molecule has 4 rings (SSSR count). The lowest BCUT2D eigenvalue weighted by atomic mass is 10.2. The third-order valence-corrected chi connectivity index (χ3v) is 4.70. The molecule has 0 saturated carbocycles. The minimum atomic E-state index is -0.281. The Bertz CT molecular complexity index is 1190. The highest BCUT2D eigenvalue weighted by Crippen LogP contribution is 2.06. The highest BCUT2D eigenvalue weighted by Gasteiger charge is 2.11. The molecule has 29 heavy (non-hydrogen) atoms. The Morgan fingerprint density at radius 1 is 1.14 bits per heavy atom. The van der Waals surface area contributed by atoms with Crippen LogP contribution in [0, 0.1) is 0 Å². The Morgan fingerprint density at radius 3 is 2.79 bits per heavy atom. The summed E-state index contributed by atoms with van der Waals surface area (Å²) in [5.41, 5.74) is 1.40. The van der Waals surface area contributed by atoms with Gasteiger partial charge in [0.1, 0.15) is 24.1 Å². The second kappa shape index (κ2) is 8.09. The van der Waals surface area contributed by atoms with Gasteiger partial charge in [-0.25, -0.2) is 9.97 Å². The van der Waals surface area contributed by atoms with Gasteiger partial charge in [-0.15, -0.1) is 0 Å². The summed E-state index contributed by atoms with van der Waals surface area (Å²) in [4.78, 5) is 33.3. The summed E-state index contributed by atoms with van der Waals surface area (Å²) >= 11 is 0. The number of fused-ring (bicyclic) bond motifs is 1. The molecule has 0 spiro atoms. The number of aromatic nitrogens is 6. The Labute approximate surface area is 166 Å².